The second-order valence-electron chi connectivity index (χ2n) is 8.72. The molecule has 0 bridgehead atoms. The molecule has 0 spiro atoms. The average Bonchev–Trinajstić information content (AvgIpc) is 2.77. The summed E-state index contributed by atoms with van der Waals surface area (Å²) in [5.74, 6) is 3.02. The van der Waals surface area contributed by atoms with Gasteiger partial charge in [0.15, 0.2) is 0 Å². The van der Waals surface area contributed by atoms with Crippen LogP contribution in [0.2, 0.25) is 0 Å². The molecule has 0 heterocycles. The van der Waals surface area contributed by atoms with Gasteiger partial charge in [0, 0.05) is 6.04 Å². The van der Waals surface area contributed by atoms with Gasteiger partial charge in [-0.1, -0.05) is 53.4 Å². The first kappa shape index (κ1) is 13.9. The first-order valence-electron chi connectivity index (χ1n) is 8.66. The van der Waals surface area contributed by atoms with Crippen LogP contribution in [-0.2, 0) is 0 Å². The SMILES string of the molecule is CC1(C)C(CNC2CCC3CCCCC3C2)C1(C)C. The van der Waals surface area contributed by atoms with Crippen molar-refractivity contribution in [2.75, 3.05) is 6.54 Å². The van der Waals surface area contributed by atoms with Gasteiger partial charge in [-0.3, -0.25) is 0 Å². The maximum Gasteiger partial charge on any atom is 0.00700 e. The molecular formula is C18H33N. The highest BCUT2D eigenvalue weighted by molar-refractivity contribution is 5.13. The lowest BCUT2D eigenvalue weighted by Crippen LogP contribution is -2.40. The maximum atomic E-state index is 3.93. The molecule has 3 aliphatic carbocycles. The van der Waals surface area contributed by atoms with Gasteiger partial charge in [-0.2, -0.15) is 0 Å². The predicted octanol–water partition coefficient (Wildman–Crippen LogP) is 4.62. The van der Waals surface area contributed by atoms with Crippen LogP contribution in [-0.4, -0.2) is 12.6 Å². The topological polar surface area (TPSA) is 12.0 Å². The van der Waals surface area contributed by atoms with Crippen molar-refractivity contribution in [1.29, 1.82) is 0 Å². The van der Waals surface area contributed by atoms with Crippen LogP contribution in [0, 0.1) is 28.6 Å². The summed E-state index contributed by atoms with van der Waals surface area (Å²) < 4.78 is 0. The molecule has 1 nitrogen and oxygen atoms in total. The molecule has 1 N–H and O–H groups in total. The summed E-state index contributed by atoms with van der Waals surface area (Å²) in [7, 11) is 0. The van der Waals surface area contributed by atoms with E-state index in [0.717, 1.165) is 23.8 Å². The summed E-state index contributed by atoms with van der Waals surface area (Å²) in [5.41, 5.74) is 1.09. The molecule has 3 saturated carbocycles. The van der Waals surface area contributed by atoms with E-state index in [0.29, 0.717) is 10.8 Å². The summed E-state index contributed by atoms with van der Waals surface area (Å²) in [6.45, 7) is 11.0. The van der Waals surface area contributed by atoms with Gasteiger partial charge in [-0.15, -0.1) is 0 Å². The van der Waals surface area contributed by atoms with Gasteiger partial charge in [-0.25, -0.2) is 0 Å². The third-order valence-electron chi connectivity index (χ3n) is 7.47. The Morgan fingerprint density at radius 1 is 0.842 bits per heavy atom. The normalized spacial score (nSPS) is 40.7. The lowest BCUT2D eigenvalue weighted by Gasteiger charge is -2.39. The molecule has 0 aromatic rings. The summed E-state index contributed by atoms with van der Waals surface area (Å²) in [5, 5.41) is 3.93. The van der Waals surface area contributed by atoms with Crippen LogP contribution in [0.4, 0.5) is 0 Å². The number of fused-ring (bicyclic) bond motifs is 1. The Kier molecular flexibility index (Phi) is 3.48. The van der Waals surface area contributed by atoms with Gasteiger partial charge in [-0.05, 0) is 54.4 Å². The number of hydrogen-bond donors (Lipinski definition) is 1. The maximum absolute atomic E-state index is 3.93. The van der Waals surface area contributed by atoms with E-state index >= 15 is 0 Å². The van der Waals surface area contributed by atoms with Gasteiger partial charge in [0.2, 0.25) is 0 Å². The van der Waals surface area contributed by atoms with Crippen molar-refractivity contribution < 1.29 is 0 Å². The number of rotatable bonds is 3. The molecule has 110 valence electrons. The minimum absolute atomic E-state index is 0.544. The molecule has 19 heavy (non-hydrogen) atoms. The quantitative estimate of drug-likeness (QED) is 0.783. The van der Waals surface area contributed by atoms with Crippen LogP contribution in [0.5, 0.6) is 0 Å². The zero-order valence-electron chi connectivity index (χ0n) is 13.5. The lowest BCUT2D eigenvalue weighted by atomic mass is 9.69. The Morgan fingerprint density at radius 3 is 2.11 bits per heavy atom. The molecule has 3 fully saturated rings. The molecule has 0 saturated heterocycles. The minimum Gasteiger partial charge on any atom is -0.314 e. The fourth-order valence-electron chi connectivity index (χ4n) is 5.19. The fourth-order valence-corrected chi connectivity index (χ4v) is 5.19. The van der Waals surface area contributed by atoms with Crippen LogP contribution < -0.4 is 5.32 Å². The Morgan fingerprint density at radius 2 is 1.47 bits per heavy atom. The third-order valence-corrected chi connectivity index (χ3v) is 7.47. The second kappa shape index (κ2) is 4.76. The standard InChI is InChI=1S/C18H33N/c1-17(2)16(18(17,3)4)12-19-15-10-9-13-7-5-6-8-14(13)11-15/h13-16,19H,5-12H2,1-4H3. The third kappa shape index (κ3) is 2.37. The van der Waals surface area contributed by atoms with Crippen molar-refractivity contribution in [3.8, 4) is 0 Å². The molecule has 0 aromatic carbocycles. The molecule has 3 aliphatic rings. The highest BCUT2D eigenvalue weighted by atomic mass is 14.9. The van der Waals surface area contributed by atoms with Crippen LogP contribution in [0.1, 0.15) is 72.6 Å². The monoisotopic (exact) mass is 263 g/mol. The summed E-state index contributed by atoms with van der Waals surface area (Å²) in [6.07, 6.45) is 10.5. The molecule has 1 heteroatoms. The molecule has 0 aromatic heterocycles. The number of nitrogens with one attached hydrogen (secondary N) is 1. The van der Waals surface area contributed by atoms with Gasteiger partial charge >= 0.3 is 0 Å². The predicted molar refractivity (Wildman–Crippen MR) is 82.1 cm³/mol. The Hall–Kier alpha value is -0.0400. The largest absolute Gasteiger partial charge is 0.314 e. The van der Waals surface area contributed by atoms with E-state index in [4.69, 9.17) is 0 Å². The van der Waals surface area contributed by atoms with Crippen molar-refractivity contribution in [2.24, 2.45) is 28.6 Å². The second-order valence-corrected chi connectivity index (χ2v) is 8.72. The summed E-state index contributed by atoms with van der Waals surface area (Å²) in [4.78, 5) is 0. The highest BCUT2D eigenvalue weighted by Crippen LogP contribution is 2.68. The number of hydrogen-bond acceptors (Lipinski definition) is 1. The fraction of sp³-hybridized carbons (Fsp3) is 1.00. The molecule has 0 amide bonds. The molecule has 3 unspecified atom stereocenters. The first-order chi connectivity index (χ1) is 8.93. The van der Waals surface area contributed by atoms with Crippen molar-refractivity contribution in [3.63, 3.8) is 0 Å². The van der Waals surface area contributed by atoms with E-state index in [1.807, 2.05) is 0 Å². The van der Waals surface area contributed by atoms with E-state index in [-0.39, 0.29) is 0 Å². The van der Waals surface area contributed by atoms with Crippen LogP contribution >= 0.6 is 0 Å². The van der Waals surface area contributed by atoms with Gasteiger partial charge < -0.3 is 5.32 Å². The van der Waals surface area contributed by atoms with Crippen molar-refractivity contribution >= 4 is 0 Å². The van der Waals surface area contributed by atoms with E-state index in [2.05, 4.69) is 33.0 Å². The van der Waals surface area contributed by atoms with Gasteiger partial charge in [0.25, 0.3) is 0 Å². The van der Waals surface area contributed by atoms with Gasteiger partial charge in [0.05, 0.1) is 0 Å². The molecular weight excluding hydrogens is 230 g/mol. The van der Waals surface area contributed by atoms with Gasteiger partial charge in [0.1, 0.15) is 0 Å². The first-order valence-corrected chi connectivity index (χ1v) is 8.66. The van der Waals surface area contributed by atoms with E-state index in [1.165, 1.54) is 51.5 Å². The lowest BCUT2D eigenvalue weighted by molar-refractivity contribution is 0.142. The van der Waals surface area contributed by atoms with Crippen LogP contribution in [0.3, 0.4) is 0 Å². The summed E-state index contributed by atoms with van der Waals surface area (Å²) in [6, 6.07) is 0.826. The van der Waals surface area contributed by atoms with Crippen molar-refractivity contribution in [1.82, 2.24) is 5.32 Å². The van der Waals surface area contributed by atoms with Crippen LogP contribution in [0.15, 0.2) is 0 Å². The Bertz CT molecular complexity index is 317. The molecule has 3 atom stereocenters. The van der Waals surface area contributed by atoms with Crippen LogP contribution in [0.25, 0.3) is 0 Å². The zero-order chi connectivity index (χ0) is 13.7. The molecule has 3 rings (SSSR count). The van der Waals surface area contributed by atoms with Crippen molar-refractivity contribution in [3.05, 3.63) is 0 Å². The Labute approximate surface area is 119 Å². The highest BCUT2D eigenvalue weighted by Gasteiger charge is 2.63. The Balaban J connectivity index is 1.47. The van der Waals surface area contributed by atoms with Crippen molar-refractivity contribution in [2.45, 2.75) is 78.7 Å². The minimum atomic E-state index is 0.544. The smallest absolute Gasteiger partial charge is 0.00700 e. The summed E-state index contributed by atoms with van der Waals surface area (Å²) >= 11 is 0. The molecule has 0 radical (unpaired) electrons. The molecule has 0 aliphatic heterocycles. The van der Waals surface area contributed by atoms with E-state index in [1.54, 1.807) is 0 Å². The average molecular weight is 263 g/mol. The zero-order valence-corrected chi connectivity index (χ0v) is 13.5. The van der Waals surface area contributed by atoms with E-state index < -0.39 is 0 Å². The van der Waals surface area contributed by atoms with E-state index in [9.17, 15) is 0 Å².